The van der Waals surface area contributed by atoms with E-state index < -0.39 is 5.91 Å². The number of aliphatic hydroxyl groups excluding tert-OH is 1. The number of primary amides is 1. The Labute approximate surface area is 122 Å². The van der Waals surface area contributed by atoms with Gasteiger partial charge in [0.05, 0.1) is 12.2 Å². The number of aliphatic imine (C=N–C) groups is 1. The molecular weight excluding hydrogens is 272 g/mol. The van der Waals surface area contributed by atoms with Gasteiger partial charge >= 0.3 is 0 Å². The summed E-state index contributed by atoms with van der Waals surface area (Å²) in [4.78, 5) is 19.2. The zero-order chi connectivity index (χ0) is 15.8. The van der Waals surface area contributed by atoms with Crippen molar-refractivity contribution in [1.82, 2.24) is 10.3 Å². The molecule has 8 heteroatoms. The Bertz CT molecular complexity index is 568. The lowest BCUT2D eigenvalue weighted by molar-refractivity contribution is 0.100. The molecule has 1 amide bonds. The van der Waals surface area contributed by atoms with Crippen molar-refractivity contribution in [2.24, 2.45) is 16.5 Å². The second kappa shape index (κ2) is 7.98. The maximum atomic E-state index is 11.3. The lowest BCUT2D eigenvalue weighted by Gasteiger charge is -2.10. The van der Waals surface area contributed by atoms with Crippen LogP contribution in [0.5, 0.6) is 0 Å². The Balaban J connectivity index is 3.19. The zero-order valence-corrected chi connectivity index (χ0v) is 11.8. The Morgan fingerprint density at radius 1 is 1.52 bits per heavy atom. The number of hydrogen-bond acceptors (Lipinski definition) is 7. The van der Waals surface area contributed by atoms with Gasteiger partial charge in [0.1, 0.15) is 5.82 Å². The van der Waals surface area contributed by atoms with Crippen LogP contribution in [-0.2, 0) is 0 Å². The molecule has 0 saturated carbocycles. The van der Waals surface area contributed by atoms with Crippen LogP contribution in [0.4, 0.5) is 5.82 Å². The van der Waals surface area contributed by atoms with E-state index in [0.29, 0.717) is 29.9 Å². The molecule has 114 valence electrons. The standard InChI is InChI=1S/C13H20N6O2/c1-17-6-10(11(14)7-18-2-3-20)8-4-9(13(16)21)12(15)19-5-8/h4-6,18,20H,2-3,7,14H2,1H3,(H2,15,19)(H2,16,21). The van der Waals surface area contributed by atoms with Crippen molar-refractivity contribution in [1.29, 1.82) is 0 Å². The van der Waals surface area contributed by atoms with Crippen molar-refractivity contribution in [2.75, 3.05) is 32.5 Å². The molecule has 1 heterocycles. The molecule has 0 spiro atoms. The molecule has 0 aliphatic rings. The van der Waals surface area contributed by atoms with Gasteiger partial charge in [0.15, 0.2) is 0 Å². The van der Waals surface area contributed by atoms with E-state index in [1.165, 1.54) is 12.3 Å². The third-order valence-electron chi connectivity index (χ3n) is 2.70. The summed E-state index contributed by atoms with van der Waals surface area (Å²) >= 11 is 0. The summed E-state index contributed by atoms with van der Waals surface area (Å²) in [6, 6.07) is 1.53. The Morgan fingerprint density at radius 2 is 2.24 bits per heavy atom. The van der Waals surface area contributed by atoms with Gasteiger partial charge in [0.2, 0.25) is 0 Å². The van der Waals surface area contributed by atoms with Crippen molar-refractivity contribution in [3.8, 4) is 0 Å². The second-order valence-corrected chi connectivity index (χ2v) is 4.25. The number of nitrogens with one attached hydrogen (secondary N) is 1. The predicted octanol–water partition coefficient (Wildman–Crippen LogP) is -1.28. The average Bonchev–Trinajstić information content (AvgIpc) is 2.45. The molecule has 0 aromatic carbocycles. The van der Waals surface area contributed by atoms with E-state index in [-0.39, 0.29) is 18.0 Å². The lowest BCUT2D eigenvalue weighted by Crippen LogP contribution is -2.25. The Kier molecular flexibility index (Phi) is 6.31. The van der Waals surface area contributed by atoms with Crippen LogP contribution in [0, 0.1) is 0 Å². The number of nitrogens with zero attached hydrogens (tertiary/aromatic N) is 2. The van der Waals surface area contributed by atoms with E-state index in [9.17, 15) is 4.79 Å². The largest absolute Gasteiger partial charge is 0.400 e. The van der Waals surface area contributed by atoms with Gasteiger partial charge < -0.3 is 27.6 Å². The summed E-state index contributed by atoms with van der Waals surface area (Å²) in [5.74, 6) is -0.595. The van der Waals surface area contributed by atoms with Crippen molar-refractivity contribution in [2.45, 2.75) is 0 Å². The highest BCUT2D eigenvalue weighted by molar-refractivity contribution is 6.11. The summed E-state index contributed by atoms with van der Waals surface area (Å²) in [5.41, 5.74) is 18.7. The number of rotatable bonds is 7. The number of nitrogens with two attached hydrogens (primary N) is 3. The van der Waals surface area contributed by atoms with Gasteiger partial charge in [-0.15, -0.1) is 0 Å². The van der Waals surface area contributed by atoms with Crippen molar-refractivity contribution >= 4 is 23.5 Å². The van der Waals surface area contributed by atoms with Gasteiger partial charge in [0.25, 0.3) is 5.91 Å². The van der Waals surface area contributed by atoms with Crippen molar-refractivity contribution < 1.29 is 9.90 Å². The summed E-state index contributed by atoms with van der Waals surface area (Å²) in [6.45, 7) is 0.793. The number of hydrogen-bond donors (Lipinski definition) is 5. The molecule has 8 nitrogen and oxygen atoms in total. The zero-order valence-electron chi connectivity index (χ0n) is 11.8. The van der Waals surface area contributed by atoms with Gasteiger partial charge in [-0.25, -0.2) is 4.98 Å². The Morgan fingerprint density at radius 3 is 2.81 bits per heavy atom. The van der Waals surface area contributed by atoms with E-state index in [2.05, 4.69) is 15.3 Å². The van der Waals surface area contributed by atoms with Crippen LogP contribution < -0.4 is 22.5 Å². The van der Waals surface area contributed by atoms with Gasteiger partial charge in [-0.3, -0.25) is 9.79 Å². The molecule has 0 atom stereocenters. The number of anilines is 1. The molecule has 1 aromatic rings. The molecule has 1 aromatic heterocycles. The molecule has 21 heavy (non-hydrogen) atoms. The maximum Gasteiger partial charge on any atom is 0.252 e. The number of allylic oxidation sites excluding steroid dienone is 1. The quantitative estimate of drug-likeness (QED) is 0.311. The molecular formula is C13H20N6O2. The number of carbonyl (C=O) groups is 1. The van der Waals surface area contributed by atoms with Crippen LogP contribution in [0.2, 0.25) is 0 Å². The van der Waals surface area contributed by atoms with Gasteiger partial charge in [-0.05, 0) is 6.07 Å². The van der Waals surface area contributed by atoms with Crippen LogP contribution in [0.25, 0.3) is 5.57 Å². The number of aromatic nitrogens is 1. The highest BCUT2D eigenvalue weighted by Crippen LogP contribution is 2.18. The average molecular weight is 292 g/mol. The fourth-order valence-corrected chi connectivity index (χ4v) is 1.69. The highest BCUT2D eigenvalue weighted by Gasteiger charge is 2.12. The van der Waals surface area contributed by atoms with Gasteiger partial charge in [0, 0.05) is 49.4 Å². The van der Waals surface area contributed by atoms with Crippen LogP contribution in [-0.4, -0.2) is 49.0 Å². The first-order valence-corrected chi connectivity index (χ1v) is 6.29. The second-order valence-electron chi connectivity index (χ2n) is 4.25. The number of amides is 1. The fourth-order valence-electron chi connectivity index (χ4n) is 1.69. The minimum Gasteiger partial charge on any atom is -0.400 e. The number of aliphatic hydroxyl groups is 1. The first-order chi connectivity index (χ1) is 10.0. The van der Waals surface area contributed by atoms with Crippen molar-refractivity contribution in [3.05, 3.63) is 29.1 Å². The van der Waals surface area contributed by atoms with Gasteiger partial charge in [-0.1, -0.05) is 0 Å². The molecule has 0 unspecified atom stereocenters. The van der Waals surface area contributed by atoms with E-state index in [1.807, 2.05) is 0 Å². The molecule has 0 aliphatic carbocycles. The summed E-state index contributed by atoms with van der Waals surface area (Å²) in [6.07, 6.45) is 3.06. The Hall–Kier alpha value is -2.45. The van der Waals surface area contributed by atoms with Crippen molar-refractivity contribution in [3.63, 3.8) is 0 Å². The molecule has 0 radical (unpaired) electrons. The normalized spacial score (nSPS) is 12.5. The van der Waals surface area contributed by atoms with Gasteiger partial charge in [-0.2, -0.15) is 0 Å². The van der Waals surface area contributed by atoms with Crippen LogP contribution >= 0.6 is 0 Å². The summed E-state index contributed by atoms with van der Waals surface area (Å²) in [5, 5.41) is 11.7. The summed E-state index contributed by atoms with van der Waals surface area (Å²) < 4.78 is 0. The topological polar surface area (TPSA) is 153 Å². The smallest absolute Gasteiger partial charge is 0.252 e. The number of pyridine rings is 1. The summed E-state index contributed by atoms with van der Waals surface area (Å²) in [7, 11) is 1.61. The van der Waals surface area contributed by atoms with Crippen LogP contribution in [0.3, 0.4) is 0 Å². The molecule has 1 rings (SSSR count). The third-order valence-corrected chi connectivity index (χ3v) is 2.70. The molecule has 0 fully saturated rings. The SMILES string of the molecule is CN=CC(=C(N)CNCCO)c1cnc(N)c(C(N)=O)c1. The minimum atomic E-state index is -0.661. The van der Waals surface area contributed by atoms with Crippen LogP contribution in [0.15, 0.2) is 23.0 Å². The molecule has 0 aliphatic heterocycles. The van der Waals surface area contributed by atoms with Crippen LogP contribution in [0.1, 0.15) is 15.9 Å². The highest BCUT2D eigenvalue weighted by atomic mass is 16.3. The maximum absolute atomic E-state index is 11.3. The van der Waals surface area contributed by atoms with E-state index in [1.54, 1.807) is 13.3 Å². The predicted molar refractivity (Wildman–Crippen MR) is 82.6 cm³/mol. The monoisotopic (exact) mass is 292 g/mol. The molecule has 0 bridgehead atoms. The number of carbonyl (C=O) groups excluding carboxylic acids is 1. The minimum absolute atomic E-state index is 0.0136. The fraction of sp³-hybridized carbons (Fsp3) is 0.308. The third kappa shape index (κ3) is 4.55. The first kappa shape index (κ1) is 16.6. The van der Waals surface area contributed by atoms with E-state index in [4.69, 9.17) is 22.3 Å². The van der Waals surface area contributed by atoms with E-state index >= 15 is 0 Å². The van der Waals surface area contributed by atoms with E-state index in [0.717, 1.165) is 0 Å². The molecule has 0 saturated heterocycles. The number of nitrogen functional groups attached to an aromatic ring is 1. The lowest BCUT2D eigenvalue weighted by atomic mass is 10.0. The molecule has 8 N–H and O–H groups in total. The first-order valence-electron chi connectivity index (χ1n) is 6.29.